The van der Waals surface area contributed by atoms with Crippen molar-refractivity contribution in [2.24, 2.45) is 0 Å². The zero-order chi connectivity index (χ0) is 13.7. The van der Waals surface area contributed by atoms with Crippen LogP contribution in [0, 0.1) is 6.92 Å². The van der Waals surface area contributed by atoms with E-state index >= 15 is 0 Å². The Hall–Kier alpha value is -1.35. The van der Waals surface area contributed by atoms with E-state index in [0.29, 0.717) is 6.04 Å². The zero-order valence-corrected chi connectivity index (χ0v) is 12.0. The molecule has 1 fully saturated rings. The maximum absolute atomic E-state index is 12.7. The number of carbonyl (C=O) groups excluding carboxylic acids is 1. The fraction of sp³-hybridized carbons (Fsp3) is 0.562. The number of nitrogens with one attached hydrogen (secondary N) is 1. The Labute approximate surface area is 116 Å². The van der Waals surface area contributed by atoms with Gasteiger partial charge in [0, 0.05) is 18.2 Å². The maximum Gasteiger partial charge on any atom is 0.254 e. The fourth-order valence-corrected chi connectivity index (χ4v) is 2.67. The number of benzene rings is 1. The number of nitrogens with zero attached hydrogens (tertiary/aromatic N) is 1. The molecular weight excluding hydrogens is 236 g/mol. The summed E-state index contributed by atoms with van der Waals surface area (Å²) in [4.78, 5) is 14.7. The van der Waals surface area contributed by atoms with Crippen LogP contribution in [0.1, 0.15) is 42.1 Å². The maximum atomic E-state index is 12.7. The van der Waals surface area contributed by atoms with E-state index < -0.39 is 0 Å². The highest BCUT2D eigenvalue weighted by Crippen LogP contribution is 2.16. The third-order valence-electron chi connectivity index (χ3n) is 3.77. The summed E-state index contributed by atoms with van der Waals surface area (Å²) in [6, 6.07) is 8.32. The molecule has 3 nitrogen and oxygen atoms in total. The van der Waals surface area contributed by atoms with E-state index in [1.807, 2.05) is 31.2 Å². The normalized spacial score (nSPS) is 16.3. The molecule has 3 heteroatoms. The molecule has 0 bridgehead atoms. The number of rotatable bonds is 4. The van der Waals surface area contributed by atoms with E-state index in [2.05, 4.69) is 17.1 Å². The highest BCUT2D eigenvalue weighted by atomic mass is 16.2. The van der Waals surface area contributed by atoms with Gasteiger partial charge in [-0.15, -0.1) is 0 Å². The summed E-state index contributed by atoms with van der Waals surface area (Å²) < 4.78 is 0. The van der Waals surface area contributed by atoms with Crippen molar-refractivity contribution in [2.75, 3.05) is 19.6 Å². The third-order valence-corrected chi connectivity index (χ3v) is 3.77. The number of aryl methyl sites for hydroxylation is 1. The van der Waals surface area contributed by atoms with Gasteiger partial charge in [0.25, 0.3) is 5.91 Å². The standard InChI is InChI=1S/C16H24N2O/c1-3-12-18(15-8-10-17-11-9-15)16(19)14-6-4-13(2)5-7-14/h4-7,15,17H,3,8-12H2,1-2H3. The zero-order valence-electron chi connectivity index (χ0n) is 12.0. The van der Waals surface area contributed by atoms with Gasteiger partial charge in [-0.25, -0.2) is 0 Å². The van der Waals surface area contributed by atoms with E-state index in [9.17, 15) is 4.79 Å². The average molecular weight is 260 g/mol. The fourth-order valence-electron chi connectivity index (χ4n) is 2.67. The van der Waals surface area contributed by atoms with Crippen LogP contribution in [-0.4, -0.2) is 36.5 Å². The number of hydrogen-bond acceptors (Lipinski definition) is 2. The highest BCUT2D eigenvalue weighted by molar-refractivity contribution is 5.94. The Morgan fingerprint density at radius 1 is 1.26 bits per heavy atom. The van der Waals surface area contributed by atoms with Gasteiger partial charge in [-0.05, 0) is 51.4 Å². The van der Waals surface area contributed by atoms with Crippen LogP contribution in [0.5, 0.6) is 0 Å². The smallest absolute Gasteiger partial charge is 0.254 e. The number of amides is 1. The molecular formula is C16H24N2O. The molecule has 1 saturated heterocycles. The van der Waals surface area contributed by atoms with E-state index in [-0.39, 0.29) is 5.91 Å². The van der Waals surface area contributed by atoms with Crippen LogP contribution in [-0.2, 0) is 0 Å². The van der Waals surface area contributed by atoms with Gasteiger partial charge in [-0.2, -0.15) is 0 Å². The molecule has 1 aromatic rings. The lowest BCUT2D eigenvalue weighted by Crippen LogP contribution is -2.46. The third kappa shape index (κ3) is 3.57. The van der Waals surface area contributed by atoms with Crippen LogP contribution in [0.2, 0.25) is 0 Å². The summed E-state index contributed by atoms with van der Waals surface area (Å²) >= 11 is 0. The summed E-state index contributed by atoms with van der Waals surface area (Å²) in [5.41, 5.74) is 2.01. The summed E-state index contributed by atoms with van der Waals surface area (Å²) in [6.45, 7) is 7.08. The van der Waals surface area contributed by atoms with Crippen molar-refractivity contribution in [1.29, 1.82) is 0 Å². The van der Waals surface area contributed by atoms with Crippen LogP contribution in [0.25, 0.3) is 0 Å². The van der Waals surface area contributed by atoms with Gasteiger partial charge in [-0.1, -0.05) is 24.6 Å². The lowest BCUT2D eigenvalue weighted by molar-refractivity contribution is 0.0642. The Kier molecular flexibility index (Phi) is 4.97. The van der Waals surface area contributed by atoms with Crippen LogP contribution >= 0.6 is 0 Å². The van der Waals surface area contributed by atoms with Crippen LogP contribution in [0.4, 0.5) is 0 Å². The SMILES string of the molecule is CCCN(C(=O)c1ccc(C)cc1)C1CCNCC1. The van der Waals surface area contributed by atoms with Gasteiger partial charge in [0.2, 0.25) is 0 Å². The molecule has 1 aliphatic rings. The van der Waals surface area contributed by atoms with Crippen molar-refractivity contribution in [3.63, 3.8) is 0 Å². The number of piperidine rings is 1. The molecule has 0 aromatic heterocycles. The predicted octanol–water partition coefficient (Wildman–Crippen LogP) is 2.60. The first-order valence-corrected chi connectivity index (χ1v) is 7.30. The molecule has 1 aromatic carbocycles. The monoisotopic (exact) mass is 260 g/mol. The van der Waals surface area contributed by atoms with E-state index in [4.69, 9.17) is 0 Å². The first-order valence-electron chi connectivity index (χ1n) is 7.30. The minimum absolute atomic E-state index is 0.189. The van der Waals surface area contributed by atoms with Crippen molar-refractivity contribution >= 4 is 5.91 Å². The van der Waals surface area contributed by atoms with Crippen molar-refractivity contribution < 1.29 is 4.79 Å². The average Bonchev–Trinajstić information content (AvgIpc) is 2.46. The summed E-state index contributed by atoms with van der Waals surface area (Å²) in [5.74, 6) is 0.189. The van der Waals surface area contributed by atoms with Gasteiger partial charge in [-0.3, -0.25) is 4.79 Å². The molecule has 104 valence electrons. The molecule has 1 heterocycles. The Balaban J connectivity index is 2.13. The van der Waals surface area contributed by atoms with Crippen molar-refractivity contribution in [2.45, 2.75) is 39.2 Å². The van der Waals surface area contributed by atoms with E-state index in [1.54, 1.807) is 0 Å². The molecule has 0 aliphatic carbocycles. The molecule has 1 aliphatic heterocycles. The summed E-state index contributed by atoms with van der Waals surface area (Å²) in [6.07, 6.45) is 3.15. The summed E-state index contributed by atoms with van der Waals surface area (Å²) in [5, 5.41) is 3.36. The first-order chi connectivity index (χ1) is 9.22. The van der Waals surface area contributed by atoms with Crippen LogP contribution < -0.4 is 5.32 Å². The van der Waals surface area contributed by atoms with Crippen LogP contribution in [0.3, 0.4) is 0 Å². The lowest BCUT2D eigenvalue weighted by Gasteiger charge is -2.34. The Morgan fingerprint density at radius 3 is 2.47 bits per heavy atom. The van der Waals surface area contributed by atoms with Crippen molar-refractivity contribution in [1.82, 2.24) is 10.2 Å². The van der Waals surface area contributed by atoms with Gasteiger partial charge in [0.1, 0.15) is 0 Å². The van der Waals surface area contributed by atoms with Gasteiger partial charge in [0.05, 0.1) is 0 Å². The molecule has 0 unspecified atom stereocenters. The lowest BCUT2D eigenvalue weighted by atomic mass is 10.0. The van der Waals surface area contributed by atoms with Crippen LogP contribution in [0.15, 0.2) is 24.3 Å². The summed E-state index contributed by atoms with van der Waals surface area (Å²) in [7, 11) is 0. The molecule has 0 spiro atoms. The molecule has 0 radical (unpaired) electrons. The van der Waals surface area contributed by atoms with E-state index in [0.717, 1.165) is 44.5 Å². The minimum Gasteiger partial charge on any atom is -0.336 e. The minimum atomic E-state index is 0.189. The second-order valence-corrected chi connectivity index (χ2v) is 5.35. The molecule has 2 rings (SSSR count). The van der Waals surface area contributed by atoms with Crippen molar-refractivity contribution in [3.05, 3.63) is 35.4 Å². The number of carbonyl (C=O) groups is 1. The Bertz CT molecular complexity index is 407. The quantitative estimate of drug-likeness (QED) is 0.902. The largest absolute Gasteiger partial charge is 0.336 e. The van der Waals surface area contributed by atoms with Crippen molar-refractivity contribution in [3.8, 4) is 0 Å². The number of hydrogen-bond donors (Lipinski definition) is 1. The van der Waals surface area contributed by atoms with Gasteiger partial charge >= 0.3 is 0 Å². The van der Waals surface area contributed by atoms with E-state index in [1.165, 1.54) is 5.56 Å². The van der Waals surface area contributed by atoms with Gasteiger partial charge in [0.15, 0.2) is 0 Å². The first kappa shape index (κ1) is 14.1. The molecule has 1 N–H and O–H groups in total. The molecule has 19 heavy (non-hydrogen) atoms. The topological polar surface area (TPSA) is 32.3 Å². The molecule has 0 saturated carbocycles. The second-order valence-electron chi connectivity index (χ2n) is 5.35. The second kappa shape index (κ2) is 6.71. The Morgan fingerprint density at radius 2 is 1.89 bits per heavy atom. The molecule has 0 atom stereocenters. The van der Waals surface area contributed by atoms with Gasteiger partial charge < -0.3 is 10.2 Å². The molecule has 1 amide bonds. The highest BCUT2D eigenvalue weighted by Gasteiger charge is 2.25. The predicted molar refractivity (Wildman–Crippen MR) is 78.4 cm³/mol.